The number of rotatable bonds is 7. The van der Waals surface area contributed by atoms with Gasteiger partial charge in [-0.2, -0.15) is 0 Å². The number of furan rings is 1. The summed E-state index contributed by atoms with van der Waals surface area (Å²) in [6.45, 7) is 0.0577. The molecule has 1 aromatic heterocycles. The average molecular weight is 480 g/mol. The molecule has 0 fully saturated rings. The predicted octanol–water partition coefficient (Wildman–Crippen LogP) is 3.97. The van der Waals surface area contributed by atoms with Gasteiger partial charge in [0.05, 0.1) is 24.1 Å². The number of carbonyl (C=O) groups is 1. The van der Waals surface area contributed by atoms with E-state index in [1.165, 1.54) is 18.4 Å². The highest BCUT2D eigenvalue weighted by molar-refractivity contribution is 7.89. The molecule has 0 saturated heterocycles. The molecular formula is C24H21N3O4S2. The molecule has 3 N–H and O–H groups in total. The molecule has 33 heavy (non-hydrogen) atoms. The fraction of sp³-hybridized carbons (Fsp3) is 0.0833. The Morgan fingerprint density at radius 2 is 1.67 bits per heavy atom. The Kier molecular flexibility index (Phi) is 6.83. The van der Waals surface area contributed by atoms with Gasteiger partial charge in [0.25, 0.3) is 0 Å². The molecule has 0 saturated carbocycles. The van der Waals surface area contributed by atoms with E-state index in [1.54, 1.807) is 24.3 Å². The molecule has 7 nitrogen and oxygen atoms in total. The SMILES string of the molecule is O=C(Cc1cccc2ccccc12)NC(=S)Nc1ccc(S(=O)(=O)NCc2ccco2)cc1. The molecule has 0 aliphatic heterocycles. The number of anilines is 1. The van der Waals surface area contributed by atoms with Crippen molar-refractivity contribution in [3.05, 3.63) is 96.4 Å². The number of carbonyl (C=O) groups excluding carboxylic acids is 1. The van der Waals surface area contributed by atoms with Crippen LogP contribution in [0.3, 0.4) is 0 Å². The van der Waals surface area contributed by atoms with Crippen LogP contribution in [0.1, 0.15) is 11.3 Å². The maximum Gasteiger partial charge on any atom is 0.240 e. The van der Waals surface area contributed by atoms with Crippen molar-refractivity contribution in [2.24, 2.45) is 0 Å². The van der Waals surface area contributed by atoms with Crippen molar-refractivity contribution in [3.63, 3.8) is 0 Å². The zero-order valence-corrected chi connectivity index (χ0v) is 19.1. The van der Waals surface area contributed by atoms with Gasteiger partial charge in [-0.3, -0.25) is 4.79 Å². The highest BCUT2D eigenvalue weighted by Gasteiger charge is 2.15. The average Bonchev–Trinajstić information content (AvgIpc) is 3.32. The van der Waals surface area contributed by atoms with Gasteiger partial charge in [-0.15, -0.1) is 0 Å². The molecule has 4 aromatic rings. The molecule has 1 heterocycles. The number of amides is 1. The third-order valence-corrected chi connectivity index (χ3v) is 6.54. The van der Waals surface area contributed by atoms with Gasteiger partial charge < -0.3 is 15.1 Å². The van der Waals surface area contributed by atoms with Gasteiger partial charge in [-0.05, 0) is 65.0 Å². The summed E-state index contributed by atoms with van der Waals surface area (Å²) in [4.78, 5) is 12.6. The molecule has 3 aromatic carbocycles. The first kappa shape index (κ1) is 22.7. The summed E-state index contributed by atoms with van der Waals surface area (Å²) in [5.41, 5.74) is 1.46. The minimum absolute atomic E-state index is 0.0577. The van der Waals surface area contributed by atoms with E-state index in [-0.39, 0.29) is 28.9 Å². The van der Waals surface area contributed by atoms with Gasteiger partial charge in [0.1, 0.15) is 5.76 Å². The Morgan fingerprint density at radius 1 is 0.909 bits per heavy atom. The van der Waals surface area contributed by atoms with Gasteiger partial charge in [-0.25, -0.2) is 13.1 Å². The van der Waals surface area contributed by atoms with Gasteiger partial charge >= 0.3 is 0 Å². The van der Waals surface area contributed by atoms with Crippen LogP contribution >= 0.6 is 12.2 Å². The van der Waals surface area contributed by atoms with Crippen molar-refractivity contribution < 1.29 is 17.6 Å². The lowest BCUT2D eigenvalue weighted by Crippen LogP contribution is -2.35. The van der Waals surface area contributed by atoms with E-state index in [0.717, 1.165) is 16.3 Å². The second-order valence-electron chi connectivity index (χ2n) is 7.25. The van der Waals surface area contributed by atoms with E-state index < -0.39 is 10.0 Å². The Morgan fingerprint density at radius 3 is 2.42 bits per heavy atom. The summed E-state index contributed by atoms with van der Waals surface area (Å²) in [6, 6.07) is 23.1. The van der Waals surface area contributed by atoms with Crippen molar-refractivity contribution in [3.8, 4) is 0 Å². The first-order valence-electron chi connectivity index (χ1n) is 10.1. The second-order valence-corrected chi connectivity index (χ2v) is 9.42. The van der Waals surface area contributed by atoms with Crippen molar-refractivity contribution in [1.82, 2.24) is 10.0 Å². The summed E-state index contributed by atoms with van der Waals surface area (Å²) >= 11 is 5.23. The van der Waals surface area contributed by atoms with Crippen LogP contribution < -0.4 is 15.4 Å². The van der Waals surface area contributed by atoms with E-state index in [9.17, 15) is 13.2 Å². The van der Waals surface area contributed by atoms with Gasteiger partial charge in [0.2, 0.25) is 15.9 Å². The first-order chi connectivity index (χ1) is 15.9. The lowest BCUT2D eigenvalue weighted by molar-refractivity contribution is -0.119. The lowest BCUT2D eigenvalue weighted by Gasteiger charge is -2.11. The number of hydrogen-bond acceptors (Lipinski definition) is 5. The maximum absolute atomic E-state index is 12.5. The van der Waals surface area contributed by atoms with E-state index in [1.807, 2.05) is 42.5 Å². The minimum atomic E-state index is -3.69. The molecule has 168 valence electrons. The fourth-order valence-electron chi connectivity index (χ4n) is 3.33. The lowest BCUT2D eigenvalue weighted by atomic mass is 10.0. The van der Waals surface area contributed by atoms with Crippen molar-refractivity contribution in [2.45, 2.75) is 17.9 Å². The maximum atomic E-state index is 12.5. The molecule has 0 aliphatic rings. The van der Waals surface area contributed by atoms with Gasteiger partial charge in [0, 0.05) is 5.69 Å². The number of sulfonamides is 1. The predicted molar refractivity (Wildman–Crippen MR) is 131 cm³/mol. The van der Waals surface area contributed by atoms with E-state index in [0.29, 0.717) is 11.4 Å². The van der Waals surface area contributed by atoms with E-state index in [4.69, 9.17) is 16.6 Å². The largest absolute Gasteiger partial charge is 0.468 e. The van der Waals surface area contributed by atoms with Crippen molar-refractivity contribution >= 4 is 49.7 Å². The normalized spacial score (nSPS) is 11.3. The summed E-state index contributed by atoms with van der Waals surface area (Å²) in [6.07, 6.45) is 1.66. The molecule has 4 rings (SSSR count). The smallest absolute Gasteiger partial charge is 0.240 e. The quantitative estimate of drug-likeness (QED) is 0.347. The number of thiocarbonyl (C=S) groups is 1. The Labute approximate surface area is 196 Å². The number of benzene rings is 3. The van der Waals surface area contributed by atoms with E-state index in [2.05, 4.69) is 15.4 Å². The second kappa shape index (κ2) is 9.95. The van der Waals surface area contributed by atoms with Crippen molar-refractivity contribution in [1.29, 1.82) is 0 Å². The van der Waals surface area contributed by atoms with Crippen LogP contribution in [-0.2, 0) is 27.8 Å². The molecule has 0 unspecified atom stereocenters. The van der Waals surface area contributed by atoms with Crippen LogP contribution in [0, 0.1) is 0 Å². The van der Waals surface area contributed by atoms with Crippen LogP contribution in [0.4, 0.5) is 5.69 Å². The first-order valence-corrected chi connectivity index (χ1v) is 12.0. The topological polar surface area (TPSA) is 100 Å². The number of fused-ring (bicyclic) bond motifs is 1. The van der Waals surface area contributed by atoms with Crippen LogP contribution in [0.15, 0.2) is 94.4 Å². The standard InChI is InChI=1S/C24H21N3O4S2/c28-23(15-18-7-3-6-17-5-1-2-9-22(17)18)27-24(32)26-19-10-12-21(13-11-19)33(29,30)25-16-20-8-4-14-31-20/h1-14,25H,15-16H2,(H2,26,27,28,32). The molecule has 0 spiro atoms. The van der Waals surface area contributed by atoms with Crippen LogP contribution in [-0.4, -0.2) is 19.4 Å². The number of nitrogens with one attached hydrogen (secondary N) is 3. The third-order valence-electron chi connectivity index (χ3n) is 4.92. The van der Waals surface area contributed by atoms with Crippen LogP contribution in [0.25, 0.3) is 10.8 Å². The molecule has 0 bridgehead atoms. The van der Waals surface area contributed by atoms with E-state index >= 15 is 0 Å². The zero-order chi connectivity index (χ0) is 23.3. The van der Waals surface area contributed by atoms with Gasteiger partial charge in [0.15, 0.2) is 5.11 Å². The highest BCUT2D eigenvalue weighted by Crippen LogP contribution is 2.19. The van der Waals surface area contributed by atoms with Crippen molar-refractivity contribution in [2.75, 3.05) is 5.32 Å². The summed E-state index contributed by atoms with van der Waals surface area (Å²) in [7, 11) is -3.69. The third kappa shape index (κ3) is 5.83. The molecule has 1 amide bonds. The zero-order valence-electron chi connectivity index (χ0n) is 17.4. The Balaban J connectivity index is 1.33. The minimum Gasteiger partial charge on any atom is -0.468 e. The molecule has 0 radical (unpaired) electrons. The summed E-state index contributed by atoms with van der Waals surface area (Å²) in [5.74, 6) is 0.270. The van der Waals surface area contributed by atoms with Crippen LogP contribution in [0.5, 0.6) is 0 Å². The Hall–Kier alpha value is -3.53. The van der Waals surface area contributed by atoms with Crippen LogP contribution in [0.2, 0.25) is 0 Å². The highest BCUT2D eigenvalue weighted by atomic mass is 32.2. The molecular weight excluding hydrogens is 458 g/mol. The monoisotopic (exact) mass is 479 g/mol. The summed E-state index contributed by atoms with van der Waals surface area (Å²) < 4.78 is 32.4. The summed E-state index contributed by atoms with van der Waals surface area (Å²) in [5, 5.41) is 7.78. The Bertz CT molecular complexity index is 1380. The molecule has 0 aliphatic carbocycles. The molecule has 0 atom stereocenters. The fourth-order valence-corrected chi connectivity index (χ4v) is 4.56. The number of hydrogen-bond donors (Lipinski definition) is 3. The molecule has 9 heteroatoms. The van der Waals surface area contributed by atoms with Gasteiger partial charge in [-0.1, -0.05) is 42.5 Å².